The zero-order valence-electron chi connectivity index (χ0n) is 15.3. The Balaban J connectivity index is 1.47. The van der Waals surface area contributed by atoms with Gasteiger partial charge in [0.15, 0.2) is 11.5 Å². The highest BCUT2D eigenvalue weighted by atomic mass is 32.2. The molecule has 0 saturated carbocycles. The van der Waals surface area contributed by atoms with Gasteiger partial charge in [-0.15, -0.1) is 0 Å². The molecule has 4 rings (SSSR count). The number of ether oxygens (including phenoxy) is 3. The van der Waals surface area contributed by atoms with Crippen molar-refractivity contribution < 1.29 is 33.0 Å². The van der Waals surface area contributed by atoms with Crippen molar-refractivity contribution in [2.45, 2.75) is 6.54 Å². The molecule has 2 aromatic rings. The third kappa shape index (κ3) is 3.92. The Morgan fingerprint density at radius 1 is 1.31 bits per heavy atom. The minimum Gasteiger partial charge on any atom is -0.496 e. The van der Waals surface area contributed by atoms with Gasteiger partial charge in [-0.1, -0.05) is 0 Å². The van der Waals surface area contributed by atoms with Crippen molar-refractivity contribution in [2.24, 2.45) is 0 Å². The topological polar surface area (TPSA) is 107 Å². The van der Waals surface area contributed by atoms with Gasteiger partial charge in [-0.05, 0) is 36.0 Å². The fraction of sp³-hybridized carbons (Fsp3) is 0.211. The SMILES string of the molecule is COc1cc2c(cc1/C=C1\SC(=O)N(CC(=O)NCc3ccco3)C1=O)OCO2. The summed E-state index contributed by atoms with van der Waals surface area (Å²) >= 11 is 0.759. The van der Waals surface area contributed by atoms with E-state index in [0.717, 1.165) is 16.7 Å². The number of fused-ring (bicyclic) bond motifs is 1. The molecule has 1 N–H and O–H groups in total. The largest absolute Gasteiger partial charge is 0.496 e. The number of thioether (sulfide) groups is 1. The zero-order valence-corrected chi connectivity index (χ0v) is 16.1. The number of benzene rings is 1. The summed E-state index contributed by atoms with van der Waals surface area (Å²) in [6, 6.07) is 6.74. The molecule has 0 aliphatic carbocycles. The van der Waals surface area contributed by atoms with Crippen LogP contribution >= 0.6 is 11.8 Å². The van der Waals surface area contributed by atoms with Crippen LogP contribution in [0.3, 0.4) is 0 Å². The molecule has 150 valence electrons. The van der Waals surface area contributed by atoms with Gasteiger partial charge in [0.1, 0.15) is 18.1 Å². The number of nitrogens with one attached hydrogen (secondary N) is 1. The molecule has 2 aliphatic rings. The van der Waals surface area contributed by atoms with Crippen molar-refractivity contribution in [1.29, 1.82) is 0 Å². The van der Waals surface area contributed by atoms with E-state index in [1.54, 1.807) is 24.3 Å². The molecule has 9 nitrogen and oxygen atoms in total. The van der Waals surface area contributed by atoms with Crippen LogP contribution in [-0.2, 0) is 16.1 Å². The lowest BCUT2D eigenvalue weighted by Gasteiger charge is -2.12. The van der Waals surface area contributed by atoms with Gasteiger partial charge in [0.2, 0.25) is 12.7 Å². The molecular formula is C19H16N2O7S. The number of methoxy groups -OCH3 is 1. The fourth-order valence-electron chi connectivity index (χ4n) is 2.80. The quantitative estimate of drug-likeness (QED) is 0.716. The van der Waals surface area contributed by atoms with E-state index >= 15 is 0 Å². The molecule has 0 bridgehead atoms. The molecule has 0 radical (unpaired) electrons. The Kier molecular flexibility index (Phi) is 5.17. The molecule has 29 heavy (non-hydrogen) atoms. The number of nitrogens with zero attached hydrogens (tertiary/aromatic N) is 1. The summed E-state index contributed by atoms with van der Waals surface area (Å²) in [4.78, 5) is 38.1. The Bertz CT molecular complexity index is 1000. The average Bonchev–Trinajstić information content (AvgIpc) is 3.44. The van der Waals surface area contributed by atoms with Gasteiger partial charge in [0, 0.05) is 11.6 Å². The van der Waals surface area contributed by atoms with E-state index in [-0.39, 0.29) is 24.8 Å². The minimum atomic E-state index is -0.548. The van der Waals surface area contributed by atoms with E-state index in [4.69, 9.17) is 18.6 Å². The van der Waals surface area contributed by atoms with Gasteiger partial charge in [0.05, 0.1) is 24.8 Å². The van der Waals surface area contributed by atoms with E-state index in [2.05, 4.69) is 5.32 Å². The van der Waals surface area contributed by atoms with E-state index < -0.39 is 17.1 Å². The van der Waals surface area contributed by atoms with Crippen LogP contribution < -0.4 is 19.5 Å². The molecule has 1 saturated heterocycles. The smallest absolute Gasteiger partial charge is 0.294 e. The van der Waals surface area contributed by atoms with Crippen molar-refractivity contribution >= 4 is 34.9 Å². The molecule has 0 unspecified atom stereocenters. The van der Waals surface area contributed by atoms with Crippen LogP contribution in [0.25, 0.3) is 6.08 Å². The molecule has 3 amide bonds. The number of carbonyl (C=O) groups is 3. The summed E-state index contributed by atoms with van der Waals surface area (Å²) in [6.45, 7) is -0.0984. The lowest BCUT2D eigenvalue weighted by atomic mass is 10.1. The molecule has 1 fully saturated rings. The van der Waals surface area contributed by atoms with Crippen molar-refractivity contribution in [3.8, 4) is 17.2 Å². The highest BCUT2D eigenvalue weighted by molar-refractivity contribution is 8.18. The van der Waals surface area contributed by atoms with Crippen molar-refractivity contribution in [2.75, 3.05) is 20.4 Å². The van der Waals surface area contributed by atoms with Crippen LogP contribution in [-0.4, -0.2) is 42.4 Å². The van der Waals surface area contributed by atoms with Gasteiger partial charge in [0.25, 0.3) is 11.1 Å². The van der Waals surface area contributed by atoms with Crippen molar-refractivity contribution in [3.63, 3.8) is 0 Å². The van der Waals surface area contributed by atoms with Gasteiger partial charge < -0.3 is 23.9 Å². The number of carbonyl (C=O) groups excluding carboxylic acids is 3. The second-order valence-corrected chi connectivity index (χ2v) is 7.06. The maximum absolute atomic E-state index is 12.6. The molecule has 0 spiro atoms. The normalized spacial score (nSPS) is 16.6. The first-order chi connectivity index (χ1) is 14.0. The predicted octanol–water partition coefficient (Wildman–Crippen LogP) is 2.37. The number of amides is 3. The first-order valence-electron chi connectivity index (χ1n) is 8.57. The monoisotopic (exact) mass is 416 g/mol. The second kappa shape index (κ2) is 7.92. The Morgan fingerprint density at radius 3 is 2.83 bits per heavy atom. The van der Waals surface area contributed by atoms with Gasteiger partial charge in [-0.3, -0.25) is 19.3 Å². The number of imide groups is 1. The highest BCUT2D eigenvalue weighted by Gasteiger charge is 2.36. The molecule has 2 aliphatic heterocycles. The predicted molar refractivity (Wildman–Crippen MR) is 102 cm³/mol. The van der Waals surface area contributed by atoms with E-state index in [1.165, 1.54) is 19.4 Å². The lowest BCUT2D eigenvalue weighted by molar-refractivity contribution is -0.129. The number of hydrogen-bond acceptors (Lipinski definition) is 8. The van der Waals surface area contributed by atoms with Crippen LogP contribution in [0.5, 0.6) is 17.2 Å². The second-order valence-electron chi connectivity index (χ2n) is 6.07. The zero-order chi connectivity index (χ0) is 20.4. The Hall–Kier alpha value is -3.40. The van der Waals surface area contributed by atoms with Gasteiger partial charge in [-0.25, -0.2) is 0 Å². The Labute approximate surface area is 169 Å². The van der Waals surface area contributed by atoms with E-state index in [0.29, 0.717) is 28.6 Å². The molecular weight excluding hydrogens is 400 g/mol. The van der Waals surface area contributed by atoms with E-state index in [9.17, 15) is 14.4 Å². The maximum Gasteiger partial charge on any atom is 0.294 e. The summed E-state index contributed by atoms with van der Waals surface area (Å²) in [7, 11) is 1.49. The summed E-state index contributed by atoms with van der Waals surface area (Å²) in [5.74, 6) is 1.09. The average molecular weight is 416 g/mol. The number of hydrogen-bond donors (Lipinski definition) is 1. The summed E-state index contributed by atoms with van der Waals surface area (Å²) in [5, 5.41) is 2.09. The summed E-state index contributed by atoms with van der Waals surface area (Å²) in [6.07, 6.45) is 3.03. The van der Waals surface area contributed by atoms with Crippen molar-refractivity contribution in [1.82, 2.24) is 10.2 Å². The molecule has 1 aromatic carbocycles. The molecule has 0 atom stereocenters. The minimum absolute atomic E-state index is 0.103. The van der Waals surface area contributed by atoms with Crippen LogP contribution in [0.15, 0.2) is 39.9 Å². The van der Waals surface area contributed by atoms with Crippen LogP contribution in [0, 0.1) is 0 Å². The van der Waals surface area contributed by atoms with Crippen LogP contribution in [0.2, 0.25) is 0 Å². The molecule has 1 aromatic heterocycles. The fourth-order valence-corrected chi connectivity index (χ4v) is 3.63. The first-order valence-corrected chi connectivity index (χ1v) is 9.39. The summed E-state index contributed by atoms with van der Waals surface area (Å²) in [5.41, 5.74) is 0.560. The first kappa shape index (κ1) is 18.9. The third-order valence-corrected chi connectivity index (χ3v) is 5.13. The standard InChI is InChI=1S/C19H16N2O7S/c1-25-13-7-15-14(27-10-28-15)5-11(13)6-16-18(23)21(19(24)29-16)9-17(22)20-8-12-3-2-4-26-12/h2-7H,8-10H2,1H3,(H,20,22)/b16-6-. The molecule has 10 heteroatoms. The summed E-state index contributed by atoms with van der Waals surface area (Å²) < 4.78 is 21.1. The van der Waals surface area contributed by atoms with Crippen LogP contribution in [0.4, 0.5) is 4.79 Å². The molecule has 3 heterocycles. The van der Waals surface area contributed by atoms with Crippen molar-refractivity contribution in [3.05, 3.63) is 46.8 Å². The highest BCUT2D eigenvalue weighted by Crippen LogP contribution is 2.40. The van der Waals surface area contributed by atoms with E-state index in [1.807, 2.05) is 0 Å². The van der Waals surface area contributed by atoms with Crippen LogP contribution in [0.1, 0.15) is 11.3 Å². The number of furan rings is 1. The lowest BCUT2D eigenvalue weighted by Crippen LogP contribution is -2.39. The third-order valence-electron chi connectivity index (χ3n) is 4.23. The van der Waals surface area contributed by atoms with Gasteiger partial charge in [-0.2, -0.15) is 0 Å². The Morgan fingerprint density at radius 2 is 2.10 bits per heavy atom. The number of rotatable bonds is 6. The maximum atomic E-state index is 12.6. The van der Waals surface area contributed by atoms with Gasteiger partial charge >= 0.3 is 0 Å².